The van der Waals surface area contributed by atoms with E-state index in [0.717, 1.165) is 6.42 Å². The monoisotopic (exact) mass is 377 g/mol. The summed E-state index contributed by atoms with van der Waals surface area (Å²) < 4.78 is 44.2. The van der Waals surface area contributed by atoms with E-state index >= 15 is 0 Å². The Labute approximate surface area is 151 Å². The van der Waals surface area contributed by atoms with Gasteiger partial charge >= 0.3 is 0 Å². The Hall–Kier alpha value is -2.39. The highest BCUT2D eigenvalue weighted by Crippen LogP contribution is 2.33. The summed E-state index contributed by atoms with van der Waals surface area (Å²) in [6.45, 7) is 1.73. The standard InChI is InChI=1S/C17H19N3O5S/c21-26(22,14-2-3-15-16(10-14)24-9-1-8-23-15)20-7-4-13(12-20)25-17-11-18-5-6-19-17/h2-3,5-6,10-11,13H,1,4,7-9,12H2/t13-/m1/s1. The van der Waals surface area contributed by atoms with Gasteiger partial charge in [-0.1, -0.05) is 0 Å². The van der Waals surface area contributed by atoms with Gasteiger partial charge in [-0.15, -0.1) is 0 Å². The molecule has 2 aromatic rings. The molecule has 0 unspecified atom stereocenters. The molecule has 1 atom stereocenters. The number of rotatable bonds is 4. The van der Waals surface area contributed by atoms with Crippen LogP contribution in [-0.2, 0) is 10.0 Å². The summed E-state index contributed by atoms with van der Waals surface area (Å²) in [5, 5.41) is 0. The van der Waals surface area contributed by atoms with Crippen LogP contribution in [0.2, 0.25) is 0 Å². The minimum absolute atomic E-state index is 0.196. The van der Waals surface area contributed by atoms with E-state index in [1.807, 2.05) is 0 Å². The zero-order chi connectivity index (χ0) is 18.0. The summed E-state index contributed by atoms with van der Waals surface area (Å²) in [5.41, 5.74) is 0. The summed E-state index contributed by atoms with van der Waals surface area (Å²) in [6.07, 6.45) is 5.73. The zero-order valence-electron chi connectivity index (χ0n) is 14.1. The molecule has 0 saturated carbocycles. The minimum atomic E-state index is -3.63. The van der Waals surface area contributed by atoms with Crippen molar-refractivity contribution in [3.8, 4) is 17.4 Å². The SMILES string of the molecule is O=S(=O)(c1ccc2c(c1)OCCCO2)N1CC[C@@H](Oc2cnccn2)C1. The third-order valence-electron chi connectivity index (χ3n) is 4.29. The van der Waals surface area contributed by atoms with Crippen molar-refractivity contribution in [2.45, 2.75) is 23.8 Å². The average Bonchev–Trinajstić information content (AvgIpc) is 2.99. The number of hydrogen-bond donors (Lipinski definition) is 0. The summed E-state index contributed by atoms with van der Waals surface area (Å²) in [4.78, 5) is 8.20. The largest absolute Gasteiger partial charge is 0.490 e. The van der Waals surface area contributed by atoms with Gasteiger partial charge in [0.05, 0.1) is 30.9 Å². The number of nitrogens with zero attached hydrogens (tertiary/aromatic N) is 3. The first kappa shape index (κ1) is 17.0. The van der Waals surface area contributed by atoms with Gasteiger partial charge in [0.1, 0.15) is 6.10 Å². The maximum atomic E-state index is 13.0. The van der Waals surface area contributed by atoms with Crippen molar-refractivity contribution in [1.29, 1.82) is 0 Å². The number of sulfonamides is 1. The molecule has 0 N–H and O–H groups in total. The third-order valence-corrected chi connectivity index (χ3v) is 6.15. The second-order valence-electron chi connectivity index (χ2n) is 6.09. The summed E-state index contributed by atoms with van der Waals surface area (Å²) in [6, 6.07) is 4.74. The predicted molar refractivity (Wildman–Crippen MR) is 91.9 cm³/mol. The Morgan fingerprint density at radius 3 is 2.81 bits per heavy atom. The Balaban J connectivity index is 1.49. The molecule has 138 valence electrons. The molecular formula is C17H19N3O5S. The highest BCUT2D eigenvalue weighted by atomic mass is 32.2. The number of aromatic nitrogens is 2. The first-order chi connectivity index (χ1) is 12.6. The van der Waals surface area contributed by atoms with Crippen molar-refractivity contribution in [2.24, 2.45) is 0 Å². The molecule has 1 fully saturated rings. The van der Waals surface area contributed by atoms with Crippen LogP contribution in [0.15, 0.2) is 41.7 Å². The van der Waals surface area contributed by atoms with Crippen molar-refractivity contribution in [1.82, 2.24) is 14.3 Å². The van der Waals surface area contributed by atoms with Crippen molar-refractivity contribution in [3.63, 3.8) is 0 Å². The van der Waals surface area contributed by atoms with Crippen LogP contribution in [0.4, 0.5) is 0 Å². The molecule has 26 heavy (non-hydrogen) atoms. The molecule has 0 radical (unpaired) electrons. The second-order valence-corrected chi connectivity index (χ2v) is 8.03. The molecule has 2 aliphatic heterocycles. The second kappa shape index (κ2) is 7.08. The van der Waals surface area contributed by atoms with E-state index in [9.17, 15) is 8.42 Å². The van der Waals surface area contributed by atoms with Crippen molar-refractivity contribution >= 4 is 10.0 Å². The molecule has 4 rings (SSSR count). The molecule has 1 aromatic heterocycles. The van der Waals surface area contributed by atoms with Gasteiger partial charge in [0.25, 0.3) is 0 Å². The fourth-order valence-corrected chi connectivity index (χ4v) is 4.48. The fourth-order valence-electron chi connectivity index (χ4n) is 2.98. The molecule has 1 aromatic carbocycles. The van der Waals surface area contributed by atoms with Gasteiger partial charge in [0.2, 0.25) is 15.9 Å². The van der Waals surface area contributed by atoms with Gasteiger partial charge in [-0.25, -0.2) is 13.4 Å². The lowest BCUT2D eigenvalue weighted by molar-refractivity contribution is 0.206. The third kappa shape index (κ3) is 3.45. The molecule has 0 amide bonds. The van der Waals surface area contributed by atoms with Gasteiger partial charge in [-0.3, -0.25) is 4.98 Å². The molecular weight excluding hydrogens is 358 g/mol. The lowest BCUT2D eigenvalue weighted by Crippen LogP contribution is -2.31. The van der Waals surface area contributed by atoms with Crippen LogP contribution in [0, 0.1) is 0 Å². The quantitative estimate of drug-likeness (QED) is 0.797. The van der Waals surface area contributed by atoms with Crippen LogP contribution in [0.3, 0.4) is 0 Å². The maximum absolute atomic E-state index is 13.0. The van der Waals surface area contributed by atoms with E-state index in [1.54, 1.807) is 18.3 Å². The first-order valence-corrected chi connectivity index (χ1v) is 9.89. The van der Waals surface area contributed by atoms with Crippen LogP contribution in [-0.4, -0.2) is 55.1 Å². The molecule has 9 heteroatoms. The molecule has 3 heterocycles. The van der Waals surface area contributed by atoms with E-state index in [4.69, 9.17) is 14.2 Å². The summed E-state index contributed by atoms with van der Waals surface area (Å²) in [5.74, 6) is 1.44. The highest BCUT2D eigenvalue weighted by Gasteiger charge is 2.34. The molecule has 0 bridgehead atoms. The fraction of sp³-hybridized carbons (Fsp3) is 0.412. The van der Waals surface area contributed by atoms with E-state index < -0.39 is 10.0 Å². The van der Waals surface area contributed by atoms with Crippen molar-refractivity contribution in [2.75, 3.05) is 26.3 Å². The van der Waals surface area contributed by atoms with Gasteiger partial charge < -0.3 is 14.2 Å². The van der Waals surface area contributed by atoms with Gasteiger partial charge in [0, 0.05) is 31.4 Å². The zero-order valence-corrected chi connectivity index (χ0v) is 14.9. The van der Waals surface area contributed by atoms with E-state index in [0.29, 0.717) is 43.6 Å². The molecule has 0 aliphatic carbocycles. The number of fused-ring (bicyclic) bond motifs is 1. The Kier molecular flexibility index (Phi) is 4.64. The molecule has 1 saturated heterocycles. The smallest absolute Gasteiger partial charge is 0.243 e. The van der Waals surface area contributed by atoms with Crippen LogP contribution in [0.25, 0.3) is 0 Å². The predicted octanol–water partition coefficient (Wildman–Crippen LogP) is 1.48. The minimum Gasteiger partial charge on any atom is -0.490 e. The van der Waals surface area contributed by atoms with Crippen LogP contribution < -0.4 is 14.2 Å². The van der Waals surface area contributed by atoms with Crippen LogP contribution >= 0.6 is 0 Å². The topological polar surface area (TPSA) is 90.9 Å². The molecule has 0 spiro atoms. The number of hydrogen-bond acceptors (Lipinski definition) is 7. The van der Waals surface area contributed by atoms with Crippen molar-refractivity contribution < 1.29 is 22.6 Å². The Morgan fingerprint density at radius 2 is 2.00 bits per heavy atom. The number of benzene rings is 1. The van der Waals surface area contributed by atoms with Gasteiger partial charge in [-0.05, 0) is 18.6 Å². The first-order valence-electron chi connectivity index (χ1n) is 8.45. The molecule has 8 nitrogen and oxygen atoms in total. The summed E-state index contributed by atoms with van der Waals surface area (Å²) in [7, 11) is -3.63. The van der Waals surface area contributed by atoms with Crippen molar-refractivity contribution in [3.05, 3.63) is 36.8 Å². The normalized spacial score (nSPS) is 20.5. The maximum Gasteiger partial charge on any atom is 0.243 e. The van der Waals surface area contributed by atoms with E-state index in [-0.39, 0.29) is 17.5 Å². The van der Waals surface area contributed by atoms with Gasteiger partial charge in [-0.2, -0.15) is 4.31 Å². The Bertz CT molecular complexity index is 875. The average molecular weight is 377 g/mol. The van der Waals surface area contributed by atoms with E-state index in [1.165, 1.54) is 22.8 Å². The van der Waals surface area contributed by atoms with E-state index in [2.05, 4.69) is 9.97 Å². The number of ether oxygens (including phenoxy) is 3. The molecule has 2 aliphatic rings. The summed E-state index contributed by atoms with van der Waals surface area (Å²) >= 11 is 0. The lowest BCUT2D eigenvalue weighted by atomic mass is 10.3. The lowest BCUT2D eigenvalue weighted by Gasteiger charge is -2.18. The van der Waals surface area contributed by atoms with Gasteiger partial charge in [0.15, 0.2) is 11.5 Å². The van der Waals surface area contributed by atoms with Crippen LogP contribution in [0.5, 0.6) is 17.4 Å². The highest BCUT2D eigenvalue weighted by molar-refractivity contribution is 7.89. The Morgan fingerprint density at radius 1 is 1.15 bits per heavy atom. The van der Waals surface area contributed by atoms with Crippen LogP contribution in [0.1, 0.15) is 12.8 Å².